The van der Waals surface area contributed by atoms with E-state index in [9.17, 15) is 4.79 Å². The molecule has 0 saturated carbocycles. The Hall–Kier alpha value is -2.13. The van der Waals surface area contributed by atoms with Gasteiger partial charge in [-0.3, -0.25) is 9.69 Å². The van der Waals surface area contributed by atoms with E-state index in [0.29, 0.717) is 11.6 Å². The molecule has 0 bridgehead atoms. The number of nitrogens with zero attached hydrogens (tertiary/aromatic N) is 1. The topological polar surface area (TPSA) is 46.3 Å². The van der Waals surface area contributed by atoms with Crippen molar-refractivity contribution in [3.05, 3.63) is 70.8 Å². The van der Waals surface area contributed by atoms with Crippen LogP contribution in [-0.2, 0) is 12.8 Å². The molecule has 0 fully saturated rings. The van der Waals surface area contributed by atoms with Gasteiger partial charge in [0, 0.05) is 11.6 Å². The van der Waals surface area contributed by atoms with Crippen molar-refractivity contribution in [2.24, 2.45) is 5.73 Å². The highest BCUT2D eigenvalue weighted by Gasteiger charge is 2.25. The zero-order valence-electron chi connectivity index (χ0n) is 13.7. The molecule has 3 heteroatoms. The van der Waals surface area contributed by atoms with Gasteiger partial charge in [-0.2, -0.15) is 0 Å². The first-order valence-corrected chi connectivity index (χ1v) is 8.39. The van der Waals surface area contributed by atoms with E-state index < -0.39 is 0 Å². The first-order chi connectivity index (χ1) is 11.2. The Kier molecular flexibility index (Phi) is 4.77. The van der Waals surface area contributed by atoms with Crippen molar-refractivity contribution in [3.8, 4) is 0 Å². The fourth-order valence-electron chi connectivity index (χ4n) is 3.57. The van der Waals surface area contributed by atoms with Crippen molar-refractivity contribution in [2.45, 2.75) is 32.2 Å². The van der Waals surface area contributed by atoms with E-state index >= 15 is 0 Å². The van der Waals surface area contributed by atoms with E-state index in [2.05, 4.69) is 42.2 Å². The number of primary amides is 1. The number of fused-ring (bicyclic) bond motifs is 1. The normalized spacial score (nSPS) is 18.2. The second kappa shape index (κ2) is 6.97. The van der Waals surface area contributed by atoms with Crippen molar-refractivity contribution in [1.82, 2.24) is 4.90 Å². The zero-order valence-corrected chi connectivity index (χ0v) is 13.7. The highest BCUT2D eigenvalue weighted by molar-refractivity contribution is 5.93. The van der Waals surface area contributed by atoms with Crippen LogP contribution in [0.15, 0.2) is 48.5 Å². The first-order valence-electron chi connectivity index (χ1n) is 8.39. The summed E-state index contributed by atoms with van der Waals surface area (Å²) in [4.78, 5) is 14.1. The molecule has 23 heavy (non-hydrogen) atoms. The van der Waals surface area contributed by atoms with Gasteiger partial charge in [-0.1, -0.05) is 43.3 Å². The summed E-state index contributed by atoms with van der Waals surface area (Å²) in [6.45, 7) is 4.31. The van der Waals surface area contributed by atoms with Crippen LogP contribution in [0.25, 0.3) is 0 Å². The minimum Gasteiger partial charge on any atom is -0.366 e. The number of carbonyl (C=O) groups is 1. The third-order valence-corrected chi connectivity index (χ3v) is 4.80. The molecule has 1 aliphatic heterocycles. The minimum absolute atomic E-state index is 0.305. The van der Waals surface area contributed by atoms with Crippen LogP contribution in [0.4, 0.5) is 0 Å². The Bertz CT molecular complexity index is 681. The lowest BCUT2D eigenvalue weighted by Crippen LogP contribution is -2.30. The van der Waals surface area contributed by atoms with E-state index in [0.717, 1.165) is 32.4 Å². The molecule has 3 rings (SSSR count). The first kappa shape index (κ1) is 15.8. The van der Waals surface area contributed by atoms with Crippen LogP contribution in [0.2, 0.25) is 0 Å². The van der Waals surface area contributed by atoms with Gasteiger partial charge < -0.3 is 5.73 Å². The van der Waals surface area contributed by atoms with E-state index in [-0.39, 0.29) is 5.91 Å². The van der Waals surface area contributed by atoms with Gasteiger partial charge >= 0.3 is 0 Å². The molecule has 0 spiro atoms. The van der Waals surface area contributed by atoms with E-state index in [1.165, 1.54) is 16.7 Å². The van der Waals surface area contributed by atoms with Crippen molar-refractivity contribution in [3.63, 3.8) is 0 Å². The highest BCUT2D eigenvalue weighted by atomic mass is 16.1. The van der Waals surface area contributed by atoms with Crippen LogP contribution in [0.1, 0.15) is 46.4 Å². The van der Waals surface area contributed by atoms with Crippen LogP contribution in [0.3, 0.4) is 0 Å². The molecule has 1 aliphatic rings. The molecule has 120 valence electrons. The Morgan fingerprint density at radius 3 is 2.70 bits per heavy atom. The maximum Gasteiger partial charge on any atom is 0.248 e. The predicted octanol–water partition coefficient (Wildman–Crippen LogP) is 3.34. The maximum atomic E-state index is 11.6. The van der Waals surface area contributed by atoms with Crippen molar-refractivity contribution >= 4 is 5.91 Å². The quantitative estimate of drug-likeness (QED) is 0.941. The number of aryl methyl sites for hydroxylation is 1. The number of nitrogens with two attached hydrogens (primary N) is 1. The smallest absolute Gasteiger partial charge is 0.248 e. The van der Waals surface area contributed by atoms with Gasteiger partial charge in [-0.25, -0.2) is 0 Å². The van der Waals surface area contributed by atoms with Crippen LogP contribution in [0.5, 0.6) is 0 Å². The Morgan fingerprint density at radius 1 is 1.22 bits per heavy atom. The third-order valence-electron chi connectivity index (χ3n) is 4.80. The summed E-state index contributed by atoms with van der Waals surface area (Å²) >= 11 is 0. The van der Waals surface area contributed by atoms with E-state index in [1.54, 1.807) is 0 Å². The van der Waals surface area contributed by atoms with Gasteiger partial charge in [0.25, 0.3) is 0 Å². The molecule has 1 unspecified atom stereocenters. The summed E-state index contributed by atoms with van der Waals surface area (Å²) < 4.78 is 0. The highest BCUT2D eigenvalue weighted by Crippen LogP contribution is 2.32. The van der Waals surface area contributed by atoms with Gasteiger partial charge in [0.05, 0.1) is 0 Å². The van der Waals surface area contributed by atoms with Gasteiger partial charge in [0.15, 0.2) is 0 Å². The van der Waals surface area contributed by atoms with Crippen LogP contribution in [0, 0.1) is 0 Å². The molecule has 1 atom stereocenters. The number of hydrogen-bond acceptors (Lipinski definition) is 2. The molecule has 0 radical (unpaired) electrons. The Labute approximate surface area is 138 Å². The third kappa shape index (κ3) is 3.45. The minimum atomic E-state index is -0.349. The van der Waals surface area contributed by atoms with Crippen LogP contribution >= 0.6 is 0 Å². The average Bonchev–Trinajstić information content (AvgIpc) is 2.74. The molecule has 3 nitrogen and oxygen atoms in total. The summed E-state index contributed by atoms with van der Waals surface area (Å²) in [5.41, 5.74) is 10.1. The Morgan fingerprint density at radius 2 is 2.00 bits per heavy atom. The summed E-state index contributed by atoms with van der Waals surface area (Å²) in [5.74, 6) is -0.349. The number of rotatable bonds is 4. The SMILES string of the molecule is CCN1CCCc2ccc(C(N)=O)cc2C1Cc1ccccc1. The fourth-order valence-corrected chi connectivity index (χ4v) is 3.57. The van der Waals surface area contributed by atoms with Crippen molar-refractivity contribution < 1.29 is 4.79 Å². The molecular formula is C20H24N2O. The number of benzene rings is 2. The van der Waals surface area contributed by atoms with Crippen LogP contribution < -0.4 is 5.73 Å². The molecule has 1 heterocycles. The van der Waals surface area contributed by atoms with E-state index in [1.807, 2.05) is 18.2 Å². The second-order valence-electron chi connectivity index (χ2n) is 6.22. The molecule has 0 aliphatic carbocycles. The van der Waals surface area contributed by atoms with Crippen LogP contribution in [-0.4, -0.2) is 23.9 Å². The maximum absolute atomic E-state index is 11.6. The number of carbonyl (C=O) groups excluding carboxylic acids is 1. The van der Waals surface area contributed by atoms with Crippen molar-refractivity contribution in [1.29, 1.82) is 0 Å². The molecule has 2 N–H and O–H groups in total. The molecule has 0 saturated heterocycles. The number of hydrogen-bond donors (Lipinski definition) is 1. The number of amides is 1. The Balaban J connectivity index is 2.02. The predicted molar refractivity (Wildman–Crippen MR) is 93.4 cm³/mol. The van der Waals surface area contributed by atoms with Gasteiger partial charge in [0.1, 0.15) is 0 Å². The largest absolute Gasteiger partial charge is 0.366 e. The summed E-state index contributed by atoms with van der Waals surface area (Å²) in [6.07, 6.45) is 3.18. The molecule has 0 aromatic heterocycles. The summed E-state index contributed by atoms with van der Waals surface area (Å²) in [7, 11) is 0. The molecular weight excluding hydrogens is 284 g/mol. The van der Waals surface area contributed by atoms with E-state index in [4.69, 9.17) is 5.73 Å². The second-order valence-corrected chi connectivity index (χ2v) is 6.22. The zero-order chi connectivity index (χ0) is 16.2. The number of likely N-dealkylation sites (N-methyl/N-ethyl adjacent to an activating group) is 1. The average molecular weight is 308 g/mol. The summed E-state index contributed by atoms with van der Waals surface area (Å²) in [5, 5.41) is 0. The molecule has 2 aromatic carbocycles. The van der Waals surface area contributed by atoms with Crippen molar-refractivity contribution in [2.75, 3.05) is 13.1 Å². The molecule has 2 aromatic rings. The lowest BCUT2D eigenvalue weighted by atomic mass is 9.92. The summed E-state index contributed by atoms with van der Waals surface area (Å²) in [6, 6.07) is 16.8. The standard InChI is InChI=1S/C20H24N2O/c1-2-22-12-6-9-16-10-11-17(20(21)23)14-18(16)19(22)13-15-7-4-3-5-8-15/h3-5,7-8,10-11,14,19H,2,6,9,12-13H2,1H3,(H2,21,23). The monoisotopic (exact) mass is 308 g/mol. The fraction of sp³-hybridized carbons (Fsp3) is 0.350. The van der Waals surface area contributed by atoms with Gasteiger partial charge in [0.2, 0.25) is 5.91 Å². The lowest BCUT2D eigenvalue weighted by Gasteiger charge is -2.30. The van der Waals surface area contributed by atoms with Gasteiger partial charge in [-0.05, 0) is 61.2 Å². The lowest BCUT2D eigenvalue weighted by molar-refractivity contribution is 0.1000. The van der Waals surface area contributed by atoms with Gasteiger partial charge in [-0.15, -0.1) is 0 Å². The molecule has 1 amide bonds.